The molecular formula is C18H22F3N5O2S. The van der Waals surface area contributed by atoms with Gasteiger partial charge in [-0.3, -0.25) is 0 Å². The van der Waals surface area contributed by atoms with Crippen molar-refractivity contribution in [1.82, 2.24) is 14.3 Å². The molecule has 158 valence electrons. The number of hydrogen-bond donors (Lipinski definition) is 0. The van der Waals surface area contributed by atoms with E-state index >= 15 is 0 Å². The van der Waals surface area contributed by atoms with Crippen molar-refractivity contribution in [2.75, 3.05) is 50.1 Å². The fourth-order valence-electron chi connectivity index (χ4n) is 2.98. The van der Waals surface area contributed by atoms with Gasteiger partial charge in [0.05, 0.1) is 5.75 Å². The molecule has 0 atom stereocenters. The fraction of sp³-hybridized carbons (Fsp3) is 0.444. The molecule has 0 N–H and O–H groups in total. The van der Waals surface area contributed by atoms with Gasteiger partial charge in [-0.1, -0.05) is 30.3 Å². The smallest absolute Gasteiger partial charge is 0.363 e. The number of rotatable bonds is 5. The van der Waals surface area contributed by atoms with Crippen LogP contribution in [0.1, 0.15) is 11.3 Å². The standard InChI is InChI=1S/C18H22F3N5O2S/c1-24(2)16-12-15(18(19,20)21)22-17(23-16)25-8-10-26(11-9-25)29(27,28)13-14-6-4-3-5-7-14/h3-7,12H,8-11,13H2,1-2H3. The second-order valence-electron chi connectivity index (χ2n) is 6.93. The van der Waals surface area contributed by atoms with Crippen molar-refractivity contribution in [1.29, 1.82) is 0 Å². The first-order chi connectivity index (χ1) is 13.6. The molecule has 0 bridgehead atoms. The number of aromatic nitrogens is 2. The first-order valence-corrected chi connectivity index (χ1v) is 10.6. The summed E-state index contributed by atoms with van der Waals surface area (Å²) in [7, 11) is -0.322. The summed E-state index contributed by atoms with van der Waals surface area (Å²) in [5, 5.41) is 0. The minimum atomic E-state index is -4.59. The van der Waals surface area contributed by atoms with Gasteiger partial charge >= 0.3 is 6.18 Å². The van der Waals surface area contributed by atoms with E-state index in [2.05, 4.69) is 9.97 Å². The van der Waals surface area contributed by atoms with E-state index < -0.39 is 21.9 Å². The van der Waals surface area contributed by atoms with Crippen molar-refractivity contribution in [3.8, 4) is 0 Å². The lowest BCUT2D eigenvalue weighted by Gasteiger charge is -2.34. The van der Waals surface area contributed by atoms with Gasteiger partial charge in [0, 0.05) is 46.3 Å². The molecule has 1 aromatic heterocycles. The molecule has 3 rings (SSSR count). The summed E-state index contributed by atoms with van der Waals surface area (Å²) in [5.74, 6) is -0.0244. The summed E-state index contributed by atoms with van der Waals surface area (Å²) in [6.07, 6.45) is -4.59. The molecule has 0 radical (unpaired) electrons. The van der Waals surface area contributed by atoms with Crippen molar-refractivity contribution in [3.05, 3.63) is 47.7 Å². The predicted octanol–water partition coefficient (Wildman–Crippen LogP) is 2.21. The third kappa shape index (κ3) is 5.15. The molecule has 1 aromatic carbocycles. The van der Waals surface area contributed by atoms with Crippen LogP contribution >= 0.6 is 0 Å². The van der Waals surface area contributed by atoms with Gasteiger partial charge in [0.1, 0.15) is 5.82 Å². The van der Waals surface area contributed by atoms with E-state index in [-0.39, 0.29) is 43.7 Å². The summed E-state index contributed by atoms with van der Waals surface area (Å²) in [6, 6.07) is 9.74. The van der Waals surface area contributed by atoms with Crippen LogP contribution in [0.25, 0.3) is 0 Å². The van der Waals surface area contributed by atoms with Crippen LogP contribution in [-0.2, 0) is 22.0 Å². The molecule has 0 unspecified atom stereocenters. The Morgan fingerprint density at radius 2 is 1.66 bits per heavy atom. The summed E-state index contributed by atoms with van der Waals surface area (Å²) in [5.41, 5.74) is -0.336. The topological polar surface area (TPSA) is 69.6 Å². The van der Waals surface area contributed by atoms with Gasteiger partial charge in [-0.25, -0.2) is 13.4 Å². The highest BCUT2D eigenvalue weighted by Crippen LogP contribution is 2.31. The SMILES string of the molecule is CN(C)c1cc(C(F)(F)F)nc(N2CCN(S(=O)(=O)Cc3ccccc3)CC2)n1. The Labute approximate surface area is 167 Å². The third-order valence-corrected chi connectivity index (χ3v) is 6.41. The van der Waals surface area contributed by atoms with Crippen LogP contribution in [0.2, 0.25) is 0 Å². The summed E-state index contributed by atoms with van der Waals surface area (Å²) < 4.78 is 66.2. The van der Waals surface area contributed by atoms with Crippen LogP contribution in [0.4, 0.5) is 24.9 Å². The highest BCUT2D eigenvalue weighted by atomic mass is 32.2. The molecule has 0 spiro atoms. The third-order valence-electron chi connectivity index (χ3n) is 4.56. The Morgan fingerprint density at radius 1 is 1.03 bits per heavy atom. The molecule has 1 saturated heterocycles. The summed E-state index contributed by atoms with van der Waals surface area (Å²) in [4.78, 5) is 10.9. The first-order valence-electron chi connectivity index (χ1n) is 8.96. The molecule has 1 aliphatic rings. The molecule has 0 aliphatic carbocycles. The maximum atomic E-state index is 13.2. The van der Waals surface area contributed by atoms with E-state index in [0.717, 1.165) is 6.07 Å². The lowest BCUT2D eigenvalue weighted by atomic mass is 10.2. The second kappa shape index (κ2) is 8.15. The molecule has 0 saturated carbocycles. The monoisotopic (exact) mass is 429 g/mol. The highest BCUT2D eigenvalue weighted by Gasteiger charge is 2.35. The van der Waals surface area contributed by atoms with Crippen LogP contribution < -0.4 is 9.80 Å². The van der Waals surface area contributed by atoms with Crippen molar-refractivity contribution in [2.45, 2.75) is 11.9 Å². The number of alkyl halides is 3. The number of anilines is 2. The maximum absolute atomic E-state index is 13.2. The Morgan fingerprint density at radius 3 is 2.21 bits per heavy atom. The fourth-order valence-corrected chi connectivity index (χ4v) is 4.50. The highest BCUT2D eigenvalue weighted by molar-refractivity contribution is 7.88. The van der Waals surface area contributed by atoms with E-state index in [1.54, 1.807) is 43.3 Å². The maximum Gasteiger partial charge on any atom is 0.433 e. The van der Waals surface area contributed by atoms with Crippen LogP contribution in [0, 0.1) is 0 Å². The first kappa shape index (κ1) is 21.3. The molecule has 1 fully saturated rings. The lowest BCUT2D eigenvalue weighted by Crippen LogP contribution is -2.49. The van der Waals surface area contributed by atoms with E-state index in [1.165, 1.54) is 9.21 Å². The minimum absolute atomic E-state index is 0.0522. The number of nitrogens with zero attached hydrogens (tertiary/aromatic N) is 5. The minimum Gasteiger partial charge on any atom is -0.363 e. The molecular weight excluding hydrogens is 407 g/mol. The van der Waals surface area contributed by atoms with Crippen LogP contribution in [0.3, 0.4) is 0 Å². The van der Waals surface area contributed by atoms with Gasteiger partial charge in [-0.05, 0) is 5.56 Å². The number of halogens is 3. The lowest BCUT2D eigenvalue weighted by molar-refractivity contribution is -0.141. The molecule has 29 heavy (non-hydrogen) atoms. The van der Waals surface area contributed by atoms with Gasteiger partial charge in [0.2, 0.25) is 16.0 Å². The van der Waals surface area contributed by atoms with E-state index in [0.29, 0.717) is 5.56 Å². The predicted molar refractivity (Wildman–Crippen MR) is 104 cm³/mol. The van der Waals surface area contributed by atoms with Gasteiger partial charge in [0.25, 0.3) is 0 Å². The zero-order chi connectivity index (χ0) is 21.2. The summed E-state index contributed by atoms with van der Waals surface area (Å²) >= 11 is 0. The van der Waals surface area contributed by atoms with E-state index in [9.17, 15) is 21.6 Å². The molecule has 0 amide bonds. The van der Waals surface area contributed by atoms with E-state index in [4.69, 9.17) is 0 Å². The van der Waals surface area contributed by atoms with Gasteiger partial charge in [-0.2, -0.15) is 22.5 Å². The van der Waals surface area contributed by atoms with Crippen LogP contribution in [0.15, 0.2) is 36.4 Å². The van der Waals surface area contributed by atoms with Gasteiger partial charge < -0.3 is 9.80 Å². The molecule has 2 aromatic rings. The second-order valence-corrected chi connectivity index (χ2v) is 8.90. The Hall–Kier alpha value is -2.40. The molecule has 2 heterocycles. The average Bonchev–Trinajstić information content (AvgIpc) is 2.67. The van der Waals surface area contributed by atoms with Crippen molar-refractivity contribution in [3.63, 3.8) is 0 Å². The Balaban J connectivity index is 1.74. The Bertz CT molecular complexity index is 944. The quantitative estimate of drug-likeness (QED) is 0.726. The van der Waals surface area contributed by atoms with Gasteiger partial charge in [-0.15, -0.1) is 0 Å². The van der Waals surface area contributed by atoms with E-state index in [1.807, 2.05) is 6.07 Å². The van der Waals surface area contributed by atoms with Crippen LogP contribution in [0.5, 0.6) is 0 Å². The Kier molecular flexibility index (Phi) is 5.99. The molecule has 7 nitrogen and oxygen atoms in total. The van der Waals surface area contributed by atoms with Crippen LogP contribution in [-0.4, -0.2) is 63.0 Å². The molecule has 1 aliphatic heterocycles. The number of piperazine rings is 1. The largest absolute Gasteiger partial charge is 0.433 e. The summed E-state index contributed by atoms with van der Waals surface area (Å²) in [6.45, 7) is 0.739. The van der Waals surface area contributed by atoms with Crippen molar-refractivity contribution in [2.24, 2.45) is 0 Å². The van der Waals surface area contributed by atoms with Crippen molar-refractivity contribution >= 4 is 21.8 Å². The zero-order valence-electron chi connectivity index (χ0n) is 16.1. The van der Waals surface area contributed by atoms with Gasteiger partial charge in [0.15, 0.2) is 5.69 Å². The number of hydrogen-bond acceptors (Lipinski definition) is 6. The zero-order valence-corrected chi connectivity index (χ0v) is 16.9. The normalized spacial score (nSPS) is 16.1. The number of sulfonamides is 1. The molecule has 11 heteroatoms. The number of benzene rings is 1. The average molecular weight is 429 g/mol. The van der Waals surface area contributed by atoms with Crippen molar-refractivity contribution < 1.29 is 21.6 Å².